The molecule has 4 rings (SSSR count). The second-order valence-electron chi connectivity index (χ2n) is 10.2. The van der Waals surface area contributed by atoms with E-state index in [4.69, 9.17) is 0 Å². The molecule has 0 aliphatic carbocycles. The van der Waals surface area contributed by atoms with Gasteiger partial charge in [-0.05, 0) is 49.2 Å². The van der Waals surface area contributed by atoms with E-state index >= 15 is 0 Å². The predicted octanol–water partition coefficient (Wildman–Crippen LogP) is 3.17. The van der Waals surface area contributed by atoms with Crippen LogP contribution in [-0.2, 0) is 29.1 Å². The van der Waals surface area contributed by atoms with Crippen LogP contribution in [0.5, 0.6) is 5.75 Å². The van der Waals surface area contributed by atoms with Gasteiger partial charge in [-0.15, -0.1) is 0 Å². The summed E-state index contributed by atoms with van der Waals surface area (Å²) in [6.07, 6.45) is 0.614. The fourth-order valence-electron chi connectivity index (χ4n) is 4.97. The SMILES string of the molecule is Cc1ccc(CN2CC(N(C(=O)NCc3ccccc3)N(C)CC=O)N(C)[C@@H](Cc3ccc(O)cc3)C2=O)cc1. The van der Waals surface area contributed by atoms with Gasteiger partial charge in [-0.25, -0.2) is 14.8 Å². The molecule has 0 saturated carbocycles. The maximum atomic E-state index is 13.9. The van der Waals surface area contributed by atoms with Crippen LogP contribution in [0, 0.1) is 6.92 Å². The third-order valence-electron chi connectivity index (χ3n) is 7.29. The highest BCUT2D eigenvalue weighted by Gasteiger charge is 2.43. The summed E-state index contributed by atoms with van der Waals surface area (Å²) in [4.78, 5) is 42.7. The highest BCUT2D eigenvalue weighted by Crippen LogP contribution is 2.25. The second-order valence-corrected chi connectivity index (χ2v) is 10.2. The highest BCUT2D eigenvalue weighted by molar-refractivity contribution is 5.83. The fourth-order valence-corrected chi connectivity index (χ4v) is 4.97. The maximum Gasteiger partial charge on any atom is 0.333 e. The van der Waals surface area contributed by atoms with E-state index in [9.17, 15) is 19.5 Å². The lowest BCUT2D eigenvalue weighted by atomic mass is 9.99. The van der Waals surface area contributed by atoms with Crippen molar-refractivity contribution >= 4 is 18.2 Å². The molecule has 3 aromatic carbocycles. The van der Waals surface area contributed by atoms with Gasteiger partial charge in [0.1, 0.15) is 18.2 Å². The molecule has 1 aliphatic rings. The number of aryl methyl sites for hydroxylation is 1. The molecular formula is C31H37N5O4. The van der Waals surface area contributed by atoms with Gasteiger partial charge >= 0.3 is 6.03 Å². The van der Waals surface area contributed by atoms with Crippen LogP contribution in [0.1, 0.15) is 22.3 Å². The molecule has 0 radical (unpaired) electrons. The summed E-state index contributed by atoms with van der Waals surface area (Å²) >= 11 is 0. The summed E-state index contributed by atoms with van der Waals surface area (Å²) in [5, 5.41) is 15.8. The number of urea groups is 1. The molecule has 1 heterocycles. The van der Waals surface area contributed by atoms with Crippen molar-refractivity contribution in [3.63, 3.8) is 0 Å². The topological polar surface area (TPSA) is 96.4 Å². The molecule has 3 amide bonds. The number of hydrogen-bond acceptors (Lipinski definition) is 6. The van der Waals surface area contributed by atoms with E-state index in [2.05, 4.69) is 5.32 Å². The Morgan fingerprint density at radius 1 is 1.00 bits per heavy atom. The number of aromatic hydroxyl groups is 1. The van der Waals surface area contributed by atoms with E-state index in [0.717, 1.165) is 28.5 Å². The fraction of sp³-hybridized carbons (Fsp3) is 0.323. The summed E-state index contributed by atoms with van der Waals surface area (Å²) < 4.78 is 0. The third kappa shape index (κ3) is 7.05. The van der Waals surface area contributed by atoms with E-state index in [1.54, 1.807) is 41.2 Å². The Balaban J connectivity index is 1.65. The van der Waals surface area contributed by atoms with E-state index in [1.807, 2.05) is 73.5 Å². The number of carbonyl (C=O) groups excluding carboxylic acids is 3. The van der Waals surface area contributed by atoms with Gasteiger partial charge in [-0.2, -0.15) is 0 Å². The molecule has 40 heavy (non-hydrogen) atoms. The van der Waals surface area contributed by atoms with Crippen molar-refractivity contribution in [1.82, 2.24) is 25.1 Å². The molecular weight excluding hydrogens is 506 g/mol. The number of amides is 3. The zero-order valence-corrected chi connectivity index (χ0v) is 23.2. The Kier molecular flexibility index (Phi) is 9.52. The van der Waals surface area contributed by atoms with Crippen molar-refractivity contribution in [3.05, 3.63) is 101 Å². The van der Waals surface area contributed by atoms with Crippen LogP contribution in [0.2, 0.25) is 0 Å². The zero-order chi connectivity index (χ0) is 28.6. The van der Waals surface area contributed by atoms with E-state index in [1.165, 1.54) is 5.01 Å². The molecule has 0 bridgehead atoms. The van der Waals surface area contributed by atoms with E-state index < -0.39 is 12.2 Å². The number of phenols is 1. The number of nitrogens with one attached hydrogen (secondary N) is 1. The molecule has 1 fully saturated rings. The predicted molar refractivity (Wildman–Crippen MR) is 153 cm³/mol. The number of phenolic OH excluding ortho intramolecular Hbond substituents is 1. The van der Waals surface area contributed by atoms with Gasteiger partial charge in [0.05, 0.1) is 19.1 Å². The standard InChI is InChI=1S/C31H37N5O4/c1-23-9-11-26(12-10-23)21-35-22-29(34(3)28(30(35)39)19-24-13-15-27(38)16-14-24)36(33(2)17-18-37)31(40)32-20-25-7-5-4-6-8-25/h4-16,18,28-29,38H,17,19-22H2,1-3H3,(H,32,40)/t28-,29?/m0/s1. The number of benzene rings is 3. The lowest BCUT2D eigenvalue weighted by Crippen LogP contribution is -2.69. The second kappa shape index (κ2) is 13.2. The van der Waals surface area contributed by atoms with Gasteiger partial charge in [-0.1, -0.05) is 72.3 Å². The van der Waals surface area contributed by atoms with Crippen molar-refractivity contribution in [2.75, 3.05) is 27.2 Å². The minimum Gasteiger partial charge on any atom is -0.508 e. The number of likely N-dealkylation sites (N-methyl/N-ethyl adjacent to an activating group) is 2. The molecule has 2 atom stereocenters. The van der Waals surface area contributed by atoms with Gasteiger partial charge in [0.2, 0.25) is 5.91 Å². The van der Waals surface area contributed by atoms with Crippen molar-refractivity contribution in [3.8, 4) is 5.75 Å². The average molecular weight is 544 g/mol. The van der Waals surface area contributed by atoms with Gasteiger partial charge in [-0.3, -0.25) is 9.69 Å². The average Bonchev–Trinajstić information content (AvgIpc) is 2.95. The third-order valence-corrected chi connectivity index (χ3v) is 7.29. The number of hydrogen-bond donors (Lipinski definition) is 2. The monoisotopic (exact) mass is 543 g/mol. The van der Waals surface area contributed by atoms with Gasteiger partial charge < -0.3 is 20.1 Å². The van der Waals surface area contributed by atoms with E-state index in [0.29, 0.717) is 19.5 Å². The maximum absolute atomic E-state index is 13.9. The minimum absolute atomic E-state index is 0.0115. The molecule has 0 aromatic heterocycles. The van der Waals surface area contributed by atoms with Crippen LogP contribution < -0.4 is 5.32 Å². The van der Waals surface area contributed by atoms with Crippen molar-refractivity contribution in [2.24, 2.45) is 0 Å². The van der Waals surface area contributed by atoms with Gasteiger partial charge in [0.15, 0.2) is 0 Å². The lowest BCUT2D eigenvalue weighted by Gasteiger charge is -2.50. The number of hydrazine groups is 1. The summed E-state index contributed by atoms with van der Waals surface area (Å²) in [5.41, 5.74) is 3.97. The Bertz CT molecular complexity index is 1280. The molecule has 2 N–H and O–H groups in total. The highest BCUT2D eigenvalue weighted by atomic mass is 16.3. The first kappa shape index (κ1) is 28.8. The van der Waals surface area contributed by atoms with Gasteiger partial charge in [0, 0.05) is 20.1 Å². The quantitative estimate of drug-likeness (QED) is 0.301. The summed E-state index contributed by atoms with van der Waals surface area (Å²) in [6.45, 7) is 3.01. The Labute approximate surface area is 235 Å². The minimum atomic E-state index is -0.567. The Hall–Kier alpha value is -4.21. The molecule has 1 unspecified atom stereocenters. The lowest BCUT2D eigenvalue weighted by molar-refractivity contribution is -0.158. The number of nitrogens with zero attached hydrogens (tertiary/aromatic N) is 4. The van der Waals surface area contributed by atoms with Crippen molar-refractivity contribution in [1.29, 1.82) is 0 Å². The molecule has 1 saturated heterocycles. The summed E-state index contributed by atoms with van der Waals surface area (Å²) in [7, 11) is 3.53. The largest absolute Gasteiger partial charge is 0.508 e. The summed E-state index contributed by atoms with van der Waals surface area (Å²) in [5.74, 6) is 0.109. The van der Waals surface area contributed by atoms with Crippen molar-refractivity contribution < 1.29 is 19.5 Å². The normalized spacial score (nSPS) is 17.6. The van der Waals surface area contributed by atoms with Crippen LogP contribution >= 0.6 is 0 Å². The Morgan fingerprint density at radius 3 is 2.30 bits per heavy atom. The first-order valence-corrected chi connectivity index (χ1v) is 13.4. The first-order valence-electron chi connectivity index (χ1n) is 13.4. The molecule has 0 spiro atoms. The smallest absolute Gasteiger partial charge is 0.333 e. The number of rotatable bonds is 10. The summed E-state index contributed by atoms with van der Waals surface area (Å²) in [6, 6.07) is 23.5. The van der Waals surface area contributed by atoms with Crippen LogP contribution in [-0.4, -0.2) is 82.5 Å². The van der Waals surface area contributed by atoms with Crippen molar-refractivity contribution in [2.45, 2.75) is 38.6 Å². The number of carbonyl (C=O) groups is 3. The van der Waals surface area contributed by atoms with Crippen LogP contribution in [0.25, 0.3) is 0 Å². The molecule has 210 valence electrons. The molecule has 9 heteroatoms. The van der Waals surface area contributed by atoms with Crippen LogP contribution in [0.15, 0.2) is 78.9 Å². The zero-order valence-electron chi connectivity index (χ0n) is 23.2. The number of aldehydes is 1. The van der Waals surface area contributed by atoms with Crippen LogP contribution in [0.3, 0.4) is 0 Å². The molecule has 1 aliphatic heterocycles. The molecule has 9 nitrogen and oxygen atoms in total. The Morgan fingerprint density at radius 2 is 1.65 bits per heavy atom. The number of piperazine rings is 1. The van der Waals surface area contributed by atoms with Crippen LogP contribution in [0.4, 0.5) is 4.79 Å². The first-order chi connectivity index (χ1) is 19.3. The van der Waals surface area contributed by atoms with E-state index in [-0.39, 0.29) is 30.8 Å². The van der Waals surface area contributed by atoms with Gasteiger partial charge in [0.25, 0.3) is 0 Å². The molecule has 3 aromatic rings.